The number of anilines is 1. The number of amides is 1. The lowest BCUT2D eigenvalue weighted by Gasteiger charge is -2.30. The average molecular weight is 356 g/mol. The molecule has 3 heterocycles. The number of carbonyl (C=O) groups is 1. The van der Waals surface area contributed by atoms with Crippen molar-refractivity contribution in [1.29, 1.82) is 0 Å². The van der Waals surface area contributed by atoms with Gasteiger partial charge in [0.1, 0.15) is 11.5 Å². The van der Waals surface area contributed by atoms with Gasteiger partial charge < -0.3 is 19.5 Å². The summed E-state index contributed by atoms with van der Waals surface area (Å²) in [5, 5.41) is 3.21. The van der Waals surface area contributed by atoms with Crippen molar-refractivity contribution in [3.8, 4) is 11.3 Å². The van der Waals surface area contributed by atoms with Gasteiger partial charge in [0.2, 0.25) is 0 Å². The summed E-state index contributed by atoms with van der Waals surface area (Å²) in [5.74, 6) is 1.57. The largest absolute Gasteiger partial charge is 0.383 e. The Labute approximate surface area is 155 Å². The second-order valence-corrected chi connectivity index (χ2v) is 7.08. The molecule has 0 aliphatic carbocycles. The van der Waals surface area contributed by atoms with Crippen LogP contribution in [0.2, 0.25) is 0 Å². The molecule has 140 valence electrons. The number of nitrogens with zero attached hydrogens (tertiary/aromatic N) is 3. The summed E-state index contributed by atoms with van der Waals surface area (Å²) in [6.45, 7) is 8.18. The first-order valence-corrected chi connectivity index (χ1v) is 9.28. The third-order valence-electron chi connectivity index (χ3n) is 4.73. The van der Waals surface area contributed by atoms with Crippen LogP contribution in [0.4, 0.5) is 5.82 Å². The first-order valence-electron chi connectivity index (χ1n) is 9.28. The molecule has 0 saturated carbocycles. The molecule has 0 bridgehead atoms. The number of hydrogen-bond acceptors (Lipinski definition) is 4. The summed E-state index contributed by atoms with van der Waals surface area (Å²) in [6, 6.07) is 7.96. The van der Waals surface area contributed by atoms with Crippen LogP contribution in [0.5, 0.6) is 0 Å². The fraction of sp³-hybridized carbons (Fsp3) is 0.500. The van der Waals surface area contributed by atoms with E-state index < -0.39 is 0 Å². The number of carbonyl (C=O) groups excluding carboxylic acids is 1. The summed E-state index contributed by atoms with van der Waals surface area (Å²) >= 11 is 0. The van der Waals surface area contributed by atoms with Crippen molar-refractivity contribution in [3.05, 3.63) is 36.2 Å². The highest BCUT2D eigenvalue weighted by atomic mass is 16.5. The van der Waals surface area contributed by atoms with E-state index in [1.54, 1.807) is 7.11 Å². The zero-order valence-electron chi connectivity index (χ0n) is 15.9. The van der Waals surface area contributed by atoms with Crippen molar-refractivity contribution in [1.82, 2.24) is 14.5 Å². The summed E-state index contributed by atoms with van der Waals surface area (Å²) < 4.78 is 7.14. The minimum absolute atomic E-state index is 0.133. The molecule has 0 fully saturated rings. The van der Waals surface area contributed by atoms with E-state index >= 15 is 0 Å². The highest BCUT2D eigenvalue weighted by Gasteiger charge is 2.26. The maximum absolute atomic E-state index is 12.7. The van der Waals surface area contributed by atoms with Crippen LogP contribution >= 0.6 is 0 Å². The Kier molecular flexibility index (Phi) is 5.93. The third-order valence-corrected chi connectivity index (χ3v) is 4.73. The SMILES string of the molecule is COCCNc1ccc(-c2ccc3n2CCN(CCC(C)C)C3=O)cn1. The molecule has 0 saturated heterocycles. The van der Waals surface area contributed by atoms with Gasteiger partial charge in [-0.2, -0.15) is 0 Å². The Balaban J connectivity index is 1.72. The van der Waals surface area contributed by atoms with Crippen LogP contribution in [-0.2, 0) is 11.3 Å². The Hall–Kier alpha value is -2.34. The normalized spacial score (nSPS) is 14.0. The number of fused-ring (bicyclic) bond motifs is 1. The van der Waals surface area contributed by atoms with Crippen molar-refractivity contribution < 1.29 is 9.53 Å². The van der Waals surface area contributed by atoms with E-state index in [0.717, 1.165) is 55.4 Å². The predicted molar refractivity (Wildman–Crippen MR) is 103 cm³/mol. The quantitative estimate of drug-likeness (QED) is 0.739. The molecule has 1 aliphatic heterocycles. The monoisotopic (exact) mass is 356 g/mol. The number of ether oxygens (including phenoxy) is 1. The first-order chi connectivity index (χ1) is 12.6. The Morgan fingerprint density at radius 1 is 1.19 bits per heavy atom. The molecule has 1 amide bonds. The van der Waals surface area contributed by atoms with Gasteiger partial charge in [-0.3, -0.25) is 4.79 Å². The maximum atomic E-state index is 12.7. The van der Waals surface area contributed by atoms with Crippen LogP contribution in [0, 0.1) is 5.92 Å². The lowest BCUT2D eigenvalue weighted by molar-refractivity contribution is 0.0697. The number of rotatable bonds is 8. The average Bonchev–Trinajstić information content (AvgIpc) is 3.07. The predicted octanol–water partition coefficient (Wildman–Crippen LogP) is 3.11. The van der Waals surface area contributed by atoms with Gasteiger partial charge in [0, 0.05) is 45.0 Å². The number of nitrogens with one attached hydrogen (secondary N) is 1. The van der Waals surface area contributed by atoms with E-state index in [4.69, 9.17) is 4.74 Å². The van der Waals surface area contributed by atoms with Gasteiger partial charge in [0.15, 0.2) is 0 Å². The molecular weight excluding hydrogens is 328 g/mol. The van der Waals surface area contributed by atoms with Gasteiger partial charge >= 0.3 is 0 Å². The first kappa shape index (κ1) is 18.5. The van der Waals surface area contributed by atoms with Crippen LogP contribution in [0.15, 0.2) is 30.5 Å². The molecule has 0 spiro atoms. The van der Waals surface area contributed by atoms with Crippen LogP contribution in [0.3, 0.4) is 0 Å². The Morgan fingerprint density at radius 2 is 2.00 bits per heavy atom. The molecule has 6 heteroatoms. The minimum atomic E-state index is 0.133. The van der Waals surface area contributed by atoms with E-state index in [-0.39, 0.29) is 5.91 Å². The summed E-state index contributed by atoms with van der Waals surface area (Å²) in [4.78, 5) is 19.2. The van der Waals surface area contributed by atoms with Crippen LogP contribution in [0.1, 0.15) is 30.8 Å². The zero-order chi connectivity index (χ0) is 18.5. The zero-order valence-corrected chi connectivity index (χ0v) is 15.9. The van der Waals surface area contributed by atoms with Crippen molar-refractivity contribution in [3.63, 3.8) is 0 Å². The molecule has 0 aromatic carbocycles. The van der Waals surface area contributed by atoms with Gasteiger partial charge in [-0.1, -0.05) is 13.8 Å². The van der Waals surface area contributed by atoms with E-state index in [1.165, 1.54) is 0 Å². The van der Waals surface area contributed by atoms with Gasteiger partial charge in [-0.05, 0) is 36.6 Å². The Morgan fingerprint density at radius 3 is 2.69 bits per heavy atom. The molecule has 1 N–H and O–H groups in total. The van der Waals surface area contributed by atoms with Crippen LogP contribution < -0.4 is 5.32 Å². The van der Waals surface area contributed by atoms with Gasteiger partial charge in [-0.15, -0.1) is 0 Å². The standard InChI is InChI=1S/C20H28N4O2/c1-15(2)8-10-23-11-12-24-17(5-6-18(24)20(23)25)16-4-7-19(22-14-16)21-9-13-26-3/h4-7,14-15H,8-13H2,1-3H3,(H,21,22). The molecule has 0 radical (unpaired) electrons. The summed E-state index contributed by atoms with van der Waals surface area (Å²) in [5.41, 5.74) is 2.85. The fourth-order valence-electron chi connectivity index (χ4n) is 3.19. The summed E-state index contributed by atoms with van der Waals surface area (Å²) in [6.07, 6.45) is 2.90. The van der Waals surface area contributed by atoms with Crippen molar-refractivity contribution in [2.45, 2.75) is 26.8 Å². The molecular formula is C20H28N4O2. The van der Waals surface area contributed by atoms with E-state index in [1.807, 2.05) is 35.4 Å². The molecule has 1 aliphatic rings. The van der Waals surface area contributed by atoms with Gasteiger partial charge in [0.25, 0.3) is 5.91 Å². The molecule has 0 unspecified atom stereocenters. The highest BCUT2D eigenvalue weighted by molar-refractivity contribution is 5.94. The Bertz CT molecular complexity index is 737. The van der Waals surface area contributed by atoms with Gasteiger partial charge in [-0.25, -0.2) is 4.98 Å². The highest BCUT2D eigenvalue weighted by Crippen LogP contribution is 2.26. The smallest absolute Gasteiger partial charge is 0.270 e. The van der Waals surface area contributed by atoms with Crippen molar-refractivity contribution >= 4 is 11.7 Å². The molecule has 6 nitrogen and oxygen atoms in total. The molecule has 3 rings (SSSR count). The van der Waals surface area contributed by atoms with Crippen LogP contribution in [0.25, 0.3) is 11.3 Å². The van der Waals surface area contributed by atoms with Crippen molar-refractivity contribution in [2.24, 2.45) is 5.92 Å². The number of pyridine rings is 1. The lowest BCUT2D eigenvalue weighted by atomic mass is 10.1. The topological polar surface area (TPSA) is 59.4 Å². The van der Waals surface area contributed by atoms with Crippen molar-refractivity contribution in [2.75, 3.05) is 38.7 Å². The second kappa shape index (κ2) is 8.36. The molecule has 0 atom stereocenters. The molecule has 2 aromatic heterocycles. The van der Waals surface area contributed by atoms with E-state index in [0.29, 0.717) is 12.5 Å². The van der Waals surface area contributed by atoms with Gasteiger partial charge in [0.05, 0.1) is 12.3 Å². The fourth-order valence-corrected chi connectivity index (χ4v) is 3.19. The maximum Gasteiger partial charge on any atom is 0.270 e. The lowest BCUT2D eigenvalue weighted by Crippen LogP contribution is -2.41. The molecule has 26 heavy (non-hydrogen) atoms. The van der Waals surface area contributed by atoms with E-state index in [2.05, 4.69) is 28.7 Å². The van der Waals surface area contributed by atoms with Crippen LogP contribution in [-0.4, -0.2) is 53.7 Å². The number of hydrogen-bond donors (Lipinski definition) is 1. The second-order valence-electron chi connectivity index (χ2n) is 7.08. The number of methoxy groups -OCH3 is 1. The minimum Gasteiger partial charge on any atom is -0.383 e. The summed E-state index contributed by atoms with van der Waals surface area (Å²) in [7, 11) is 1.68. The number of aromatic nitrogens is 2. The third kappa shape index (κ3) is 4.07. The van der Waals surface area contributed by atoms with E-state index in [9.17, 15) is 4.79 Å². The molecule has 2 aromatic rings.